The van der Waals surface area contributed by atoms with Crippen LogP contribution in [0.5, 0.6) is 5.75 Å². The first-order valence-electron chi connectivity index (χ1n) is 8.80. The van der Waals surface area contributed by atoms with Gasteiger partial charge < -0.3 is 19.6 Å². The summed E-state index contributed by atoms with van der Waals surface area (Å²) in [4.78, 5) is 23.8. The van der Waals surface area contributed by atoms with E-state index < -0.39 is 11.7 Å². The van der Waals surface area contributed by atoms with E-state index >= 15 is 0 Å². The maximum Gasteiger partial charge on any atom is 0.262 e. The minimum absolute atomic E-state index is 0.0198. The molecule has 7 nitrogen and oxygen atoms in total. The molecule has 1 fully saturated rings. The van der Waals surface area contributed by atoms with E-state index in [1.807, 2.05) is 11.2 Å². The van der Waals surface area contributed by atoms with Crippen LogP contribution < -0.4 is 15.4 Å². The monoisotopic (exact) mass is 431 g/mol. The fourth-order valence-corrected chi connectivity index (χ4v) is 2.97. The number of carbonyl (C=O) groups excluding carboxylic acids is 2. The van der Waals surface area contributed by atoms with Crippen LogP contribution in [0.4, 0.5) is 4.39 Å². The Morgan fingerprint density at radius 1 is 1.46 bits per heavy atom. The fraction of sp³-hybridized carbons (Fsp3) is 0.444. The Labute approximate surface area is 172 Å². The molecule has 2 atom stereocenters. The van der Waals surface area contributed by atoms with Crippen molar-refractivity contribution in [2.75, 3.05) is 26.3 Å². The van der Waals surface area contributed by atoms with Crippen molar-refractivity contribution in [3.63, 3.8) is 0 Å². The Balaban J connectivity index is 1.57. The average molecular weight is 432 g/mol. The van der Waals surface area contributed by atoms with Crippen LogP contribution in [0.3, 0.4) is 0 Å². The van der Waals surface area contributed by atoms with Crippen molar-refractivity contribution in [2.45, 2.75) is 25.8 Å². The lowest BCUT2D eigenvalue weighted by molar-refractivity contribution is -0.122. The lowest BCUT2D eigenvalue weighted by Gasteiger charge is -2.10. The van der Waals surface area contributed by atoms with Crippen LogP contribution in [0.2, 0.25) is 5.02 Å². The Morgan fingerprint density at radius 2 is 2.25 bits per heavy atom. The van der Waals surface area contributed by atoms with Crippen LogP contribution in [-0.2, 0) is 13.8 Å². The van der Waals surface area contributed by atoms with E-state index in [9.17, 15) is 14.0 Å². The largest absolute Gasteiger partial charge is 0.484 e. The third-order valence-corrected chi connectivity index (χ3v) is 4.78. The summed E-state index contributed by atoms with van der Waals surface area (Å²) >= 11 is 6.79. The molecule has 1 saturated heterocycles. The number of nitrogens with one attached hydrogen (secondary N) is 2. The van der Waals surface area contributed by atoms with Gasteiger partial charge in [-0.15, -0.1) is 0 Å². The molecule has 0 aliphatic carbocycles. The highest BCUT2D eigenvalue weighted by molar-refractivity contribution is 7.92. The number of benzene rings is 1. The molecule has 1 aliphatic heterocycles. The Bertz CT molecular complexity index is 722. The minimum atomic E-state index is -0.621. The third-order valence-electron chi connectivity index (χ3n) is 3.61. The van der Waals surface area contributed by atoms with Gasteiger partial charge in [0.2, 0.25) is 5.91 Å². The van der Waals surface area contributed by atoms with Crippen molar-refractivity contribution in [1.82, 2.24) is 14.9 Å². The molecule has 0 spiro atoms. The summed E-state index contributed by atoms with van der Waals surface area (Å²) in [7, 11) is 0. The lowest BCUT2D eigenvalue weighted by Crippen LogP contribution is -2.33. The van der Waals surface area contributed by atoms with Crippen molar-refractivity contribution in [3.05, 3.63) is 41.3 Å². The minimum Gasteiger partial charge on any atom is -0.484 e. The second-order valence-corrected chi connectivity index (χ2v) is 7.33. The summed E-state index contributed by atoms with van der Waals surface area (Å²) in [6.45, 7) is 7.12. The second kappa shape index (κ2) is 11.3. The average Bonchev–Trinajstić information content (AvgIpc) is 3.42. The third kappa shape index (κ3) is 7.67. The zero-order valence-corrected chi connectivity index (χ0v) is 17.1. The van der Waals surface area contributed by atoms with Crippen LogP contribution in [-0.4, -0.2) is 48.5 Å². The van der Waals surface area contributed by atoms with Crippen LogP contribution in [0.25, 0.3) is 0 Å². The van der Waals surface area contributed by atoms with Crippen LogP contribution >= 0.6 is 23.8 Å². The van der Waals surface area contributed by atoms with Gasteiger partial charge in [0, 0.05) is 31.3 Å². The molecule has 154 valence electrons. The summed E-state index contributed by atoms with van der Waals surface area (Å²) in [6, 6.07) is 3.74. The van der Waals surface area contributed by atoms with E-state index in [4.69, 9.17) is 20.5 Å². The number of hydrogen-bond acceptors (Lipinski definition) is 6. The SMILES string of the molecule is C=C(CCNC(=O)C1CN1SOCCC)NC(=O)COc1ccc(Cl)c(F)c1. The highest BCUT2D eigenvalue weighted by Gasteiger charge is 2.41. The summed E-state index contributed by atoms with van der Waals surface area (Å²) in [6.07, 6.45) is 1.31. The molecule has 1 aromatic rings. The smallest absolute Gasteiger partial charge is 0.262 e. The van der Waals surface area contributed by atoms with Crippen LogP contribution in [0.15, 0.2) is 30.5 Å². The van der Waals surface area contributed by atoms with Crippen molar-refractivity contribution in [1.29, 1.82) is 0 Å². The lowest BCUT2D eigenvalue weighted by atomic mass is 10.3. The molecule has 0 bridgehead atoms. The van der Waals surface area contributed by atoms with Crippen LogP contribution in [0, 0.1) is 5.82 Å². The number of carbonyl (C=O) groups is 2. The summed E-state index contributed by atoms with van der Waals surface area (Å²) in [5.74, 6) is -0.932. The summed E-state index contributed by atoms with van der Waals surface area (Å²) < 4.78 is 25.7. The maximum absolute atomic E-state index is 13.3. The number of hydrogen-bond donors (Lipinski definition) is 2. The predicted octanol–water partition coefficient (Wildman–Crippen LogP) is 2.67. The number of ether oxygens (including phenoxy) is 1. The molecule has 0 radical (unpaired) electrons. The van der Waals surface area contributed by atoms with E-state index in [0.29, 0.717) is 31.8 Å². The van der Waals surface area contributed by atoms with Crippen molar-refractivity contribution >= 4 is 35.6 Å². The van der Waals surface area contributed by atoms with E-state index in [2.05, 4.69) is 17.2 Å². The second-order valence-electron chi connectivity index (χ2n) is 6.07. The van der Waals surface area contributed by atoms with Crippen LogP contribution in [0.1, 0.15) is 19.8 Å². The van der Waals surface area contributed by atoms with E-state index in [0.717, 1.165) is 12.5 Å². The highest BCUT2D eigenvalue weighted by atomic mass is 35.5. The van der Waals surface area contributed by atoms with E-state index in [1.54, 1.807) is 0 Å². The molecule has 2 amide bonds. The molecule has 1 heterocycles. The normalized spacial score (nSPS) is 17.7. The van der Waals surface area contributed by atoms with Gasteiger partial charge in [-0.1, -0.05) is 25.1 Å². The highest BCUT2D eigenvalue weighted by Crippen LogP contribution is 2.28. The zero-order chi connectivity index (χ0) is 20.5. The van der Waals surface area contributed by atoms with Gasteiger partial charge in [0.05, 0.1) is 23.9 Å². The maximum atomic E-state index is 13.3. The van der Waals surface area contributed by atoms with Gasteiger partial charge in [-0.25, -0.2) is 8.70 Å². The van der Waals surface area contributed by atoms with Gasteiger partial charge in [0.1, 0.15) is 17.6 Å². The van der Waals surface area contributed by atoms with E-state index in [-0.39, 0.29) is 29.3 Å². The molecule has 1 aliphatic rings. The Hall–Kier alpha value is -1.81. The van der Waals surface area contributed by atoms with Gasteiger partial charge in [-0.05, 0) is 18.6 Å². The predicted molar refractivity (Wildman–Crippen MR) is 106 cm³/mol. The van der Waals surface area contributed by atoms with Crippen molar-refractivity contribution in [3.8, 4) is 5.75 Å². The summed E-state index contributed by atoms with van der Waals surface area (Å²) in [5.41, 5.74) is 0.449. The molecule has 1 aromatic carbocycles. The fourth-order valence-electron chi connectivity index (χ4n) is 2.07. The number of amides is 2. The molecule has 0 saturated carbocycles. The Kier molecular flexibility index (Phi) is 9.04. The van der Waals surface area contributed by atoms with E-state index in [1.165, 1.54) is 24.4 Å². The van der Waals surface area contributed by atoms with Gasteiger partial charge >= 0.3 is 0 Å². The van der Waals surface area contributed by atoms with Gasteiger partial charge in [0.15, 0.2) is 6.61 Å². The van der Waals surface area contributed by atoms with Gasteiger partial charge in [-0.3, -0.25) is 9.59 Å². The molecule has 2 rings (SSSR count). The molecule has 0 aromatic heterocycles. The number of halogens is 2. The van der Waals surface area contributed by atoms with Gasteiger partial charge in [0.25, 0.3) is 5.91 Å². The van der Waals surface area contributed by atoms with Gasteiger partial charge in [-0.2, -0.15) is 0 Å². The standard InChI is InChI=1S/C18H23ClFN3O4S/c1-3-8-27-28-23-10-16(23)18(25)21-7-6-12(2)22-17(24)11-26-13-4-5-14(19)15(20)9-13/h4-5,9,16H,2-3,6-8,10-11H2,1H3,(H,21,25)(H,22,24). The molecule has 2 N–H and O–H groups in total. The first-order valence-corrected chi connectivity index (χ1v) is 9.87. The number of nitrogens with zero attached hydrogens (tertiary/aromatic N) is 1. The topological polar surface area (TPSA) is 79.7 Å². The quantitative estimate of drug-likeness (QED) is 0.229. The Morgan fingerprint density at radius 3 is 2.96 bits per heavy atom. The molecular formula is C18H23ClFN3O4S. The molecule has 28 heavy (non-hydrogen) atoms. The molecule has 10 heteroatoms. The summed E-state index contributed by atoms with van der Waals surface area (Å²) in [5, 5.41) is 5.35. The number of rotatable bonds is 12. The first-order chi connectivity index (χ1) is 13.4. The molecular weight excluding hydrogens is 409 g/mol. The van der Waals surface area contributed by atoms with Crippen molar-refractivity contribution < 1.29 is 22.9 Å². The van der Waals surface area contributed by atoms with Crippen molar-refractivity contribution in [2.24, 2.45) is 0 Å². The zero-order valence-electron chi connectivity index (χ0n) is 15.5. The molecule has 2 unspecified atom stereocenters. The first kappa shape index (κ1) is 22.5.